The maximum Gasteiger partial charge on any atom is 0.306 e. The highest BCUT2D eigenvalue weighted by molar-refractivity contribution is 5.81. The molecule has 1 heterocycles. The lowest BCUT2D eigenvalue weighted by atomic mass is 9.96. The molecule has 6 nitrogen and oxygen atoms in total. The first-order chi connectivity index (χ1) is 8.68. The first kappa shape index (κ1) is 13.3. The molecule has 3 atom stereocenters. The molecule has 1 amide bonds. The standard InChI is InChI=1S/C12H19NO5/c14-11(10-7-17-4-5-18-10)13-6-8-2-1-3-9(8)12(15)16/h8-10H,1-7H2,(H,13,14)(H,15,16). The van der Waals surface area contributed by atoms with Crippen LogP contribution in [0.3, 0.4) is 0 Å². The molecule has 3 unspecified atom stereocenters. The van der Waals surface area contributed by atoms with Crippen LogP contribution in [0.4, 0.5) is 0 Å². The number of aliphatic carboxylic acids is 1. The Labute approximate surface area is 106 Å². The average Bonchev–Trinajstić information content (AvgIpc) is 2.85. The topological polar surface area (TPSA) is 84.9 Å². The van der Waals surface area contributed by atoms with Gasteiger partial charge in [0.2, 0.25) is 0 Å². The summed E-state index contributed by atoms with van der Waals surface area (Å²) >= 11 is 0. The Balaban J connectivity index is 1.76. The van der Waals surface area contributed by atoms with E-state index in [2.05, 4.69) is 5.32 Å². The van der Waals surface area contributed by atoms with Gasteiger partial charge in [-0.1, -0.05) is 6.42 Å². The second kappa shape index (κ2) is 6.15. The lowest BCUT2D eigenvalue weighted by molar-refractivity contribution is -0.148. The van der Waals surface area contributed by atoms with Gasteiger partial charge in [-0.15, -0.1) is 0 Å². The molecule has 1 saturated carbocycles. The van der Waals surface area contributed by atoms with Gasteiger partial charge >= 0.3 is 5.97 Å². The Morgan fingerprint density at radius 2 is 2.11 bits per heavy atom. The average molecular weight is 257 g/mol. The quantitative estimate of drug-likeness (QED) is 0.741. The summed E-state index contributed by atoms with van der Waals surface area (Å²) in [5.74, 6) is -1.25. The molecule has 1 aliphatic carbocycles. The van der Waals surface area contributed by atoms with E-state index in [9.17, 15) is 9.59 Å². The molecular formula is C12H19NO5. The predicted octanol–water partition coefficient (Wildman–Crippen LogP) is 0.0189. The van der Waals surface area contributed by atoms with Crippen LogP contribution in [-0.2, 0) is 19.1 Å². The number of hydrogen-bond donors (Lipinski definition) is 2. The van der Waals surface area contributed by atoms with Crippen LogP contribution in [0.5, 0.6) is 0 Å². The van der Waals surface area contributed by atoms with Gasteiger partial charge in [0, 0.05) is 6.54 Å². The van der Waals surface area contributed by atoms with E-state index in [4.69, 9.17) is 14.6 Å². The molecule has 0 radical (unpaired) electrons. The second-order valence-electron chi connectivity index (χ2n) is 4.82. The third-order valence-corrected chi connectivity index (χ3v) is 3.62. The number of hydrogen-bond acceptors (Lipinski definition) is 4. The lowest BCUT2D eigenvalue weighted by Gasteiger charge is -2.23. The number of carbonyl (C=O) groups is 2. The van der Waals surface area contributed by atoms with Crippen LogP contribution in [0.2, 0.25) is 0 Å². The first-order valence-electron chi connectivity index (χ1n) is 6.38. The van der Waals surface area contributed by atoms with Gasteiger partial charge in [-0.2, -0.15) is 0 Å². The molecule has 0 spiro atoms. The van der Waals surface area contributed by atoms with E-state index in [0.717, 1.165) is 12.8 Å². The summed E-state index contributed by atoms with van der Waals surface area (Å²) < 4.78 is 10.4. The van der Waals surface area contributed by atoms with Crippen LogP contribution < -0.4 is 5.32 Å². The predicted molar refractivity (Wildman–Crippen MR) is 62.0 cm³/mol. The van der Waals surface area contributed by atoms with E-state index < -0.39 is 12.1 Å². The SMILES string of the molecule is O=C(NCC1CCCC1C(=O)O)C1COCCO1. The molecular weight excluding hydrogens is 238 g/mol. The van der Waals surface area contributed by atoms with Crippen LogP contribution in [-0.4, -0.2) is 49.5 Å². The molecule has 2 fully saturated rings. The zero-order valence-electron chi connectivity index (χ0n) is 10.3. The first-order valence-corrected chi connectivity index (χ1v) is 6.38. The molecule has 6 heteroatoms. The number of carboxylic acids is 1. The number of carbonyl (C=O) groups excluding carboxylic acids is 1. The van der Waals surface area contributed by atoms with Gasteiger partial charge < -0.3 is 19.9 Å². The molecule has 2 N–H and O–H groups in total. The number of nitrogens with one attached hydrogen (secondary N) is 1. The van der Waals surface area contributed by atoms with Crippen molar-refractivity contribution in [2.45, 2.75) is 25.4 Å². The highest BCUT2D eigenvalue weighted by Gasteiger charge is 2.33. The number of ether oxygens (including phenoxy) is 2. The van der Waals surface area contributed by atoms with Gasteiger partial charge in [0.1, 0.15) is 0 Å². The molecule has 0 aromatic heterocycles. The molecule has 0 bridgehead atoms. The zero-order valence-corrected chi connectivity index (χ0v) is 10.3. The number of carboxylic acid groups (broad SMARTS) is 1. The van der Waals surface area contributed by atoms with Crippen molar-refractivity contribution < 1.29 is 24.2 Å². The highest BCUT2D eigenvalue weighted by atomic mass is 16.6. The van der Waals surface area contributed by atoms with Crippen LogP contribution in [0.25, 0.3) is 0 Å². The maximum atomic E-state index is 11.8. The Morgan fingerprint density at radius 3 is 2.78 bits per heavy atom. The van der Waals surface area contributed by atoms with E-state index in [1.54, 1.807) is 0 Å². The van der Waals surface area contributed by atoms with Crippen molar-refractivity contribution in [3.05, 3.63) is 0 Å². The minimum absolute atomic E-state index is 0.0379. The normalized spacial score (nSPS) is 32.1. The summed E-state index contributed by atoms with van der Waals surface area (Å²) in [6.07, 6.45) is 1.93. The molecule has 1 aliphatic heterocycles. The van der Waals surface area contributed by atoms with Crippen molar-refractivity contribution >= 4 is 11.9 Å². The van der Waals surface area contributed by atoms with Gasteiger partial charge in [-0.05, 0) is 18.8 Å². The van der Waals surface area contributed by atoms with Gasteiger partial charge in [0.05, 0.1) is 25.7 Å². The number of amides is 1. The van der Waals surface area contributed by atoms with Crippen LogP contribution in [0, 0.1) is 11.8 Å². The molecule has 102 valence electrons. The zero-order chi connectivity index (χ0) is 13.0. The van der Waals surface area contributed by atoms with Crippen molar-refractivity contribution in [1.82, 2.24) is 5.32 Å². The van der Waals surface area contributed by atoms with Crippen LogP contribution in [0.15, 0.2) is 0 Å². The summed E-state index contributed by atoms with van der Waals surface area (Å²) in [5, 5.41) is 11.8. The Kier molecular flexibility index (Phi) is 4.54. The van der Waals surface area contributed by atoms with E-state index >= 15 is 0 Å². The van der Waals surface area contributed by atoms with Gasteiger partial charge in [0.25, 0.3) is 5.91 Å². The second-order valence-corrected chi connectivity index (χ2v) is 4.82. The molecule has 0 aromatic carbocycles. The van der Waals surface area contributed by atoms with Crippen LogP contribution in [0.1, 0.15) is 19.3 Å². The largest absolute Gasteiger partial charge is 0.481 e. The fourth-order valence-electron chi connectivity index (χ4n) is 2.59. The third kappa shape index (κ3) is 3.20. The minimum Gasteiger partial charge on any atom is -0.481 e. The molecule has 1 saturated heterocycles. The van der Waals surface area contributed by atoms with Crippen molar-refractivity contribution in [1.29, 1.82) is 0 Å². The smallest absolute Gasteiger partial charge is 0.306 e. The maximum absolute atomic E-state index is 11.8. The van der Waals surface area contributed by atoms with E-state index in [-0.39, 0.29) is 24.3 Å². The fourth-order valence-corrected chi connectivity index (χ4v) is 2.59. The van der Waals surface area contributed by atoms with E-state index in [1.165, 1.54) is 0 Å². The Bertz CT molecular complexity index is 314. The summed E-state index contributed by atoms with van der Waals surface area (Å²) in [7, 11) is 0. The van der Waals surface area contributed by atoms with Crippen molar-refractivity contribution in [3.63, 3.8) is 0 Å². The Morgan fingerprint density at radius 1 is 1.28 bits per heavy atom. The number of rotatable bonds is 4. The summed E-state index contributed by atoms with van der Waals surface area (Å²) in [5.41, 5.74) is 0. The van der Waals surface area contributed by atoms with Crippen molar-refractivity contribution in [3.8, 4) is 0 Å². The summed E-state index contributed by atoms with van der Waals surface area (Å²) in [6, 6.07) is 0. The van der Waals surface area contributed by atoms with E-state index in [0.29, 0.717) is 26.2 Å². The summed E-state index contributed by atoms with van der Waals surface area (Å²) in [4.78, 5) is 22.8. The summed E-state index contributed by atoms with van der Waals surface area (Å²) in [6.45, 7) is 1.64. The van der Waals surface area contributed by atoms with E-state index in [1.807, 2.05) is 0 Å². The lowest BCUT2D eigenvalue weighted by Crippen LogP contribution is -2.44. The molecule has 0 aromatic rings. The minimum atomic E-state index is -0.760. The van der Waals surface area contributed by atoms with Crippen molar-refractivity contribution in [2.24, 2.45) is 11.8 Å². The third-order valence-electron chi connectivity index (χ3n) is 3.62. The van der Waals surface area contributed by atoms with Gasteiger partial charge in [-0.3, -0.25) is 9.59 Å². The highest BCUT2D eigenvalue weighted by Crippen LogP contribution is 2.31. The molecule has 18 heavy (non-hydrogen) atoms. The molecule has 2 aliphatic rings. The monoisotopic (exact) mass is 257 g/mol. The Hall–Kier alpha value is -1.14. The van der Waals surface area contributed by atoms with Gasteiger partial charge in [-0.25, -0.2) is 0 Å². The van der Waals surface area contributed by atoms with Crippen LogP contribution >= 0.6 is 0 Å². The van der Waals surface area contributed by atoms with Crippen molar-refractivity contribution in [2.75, 3.05) is 26.4 Å². The van der Waals surface area contributed by atoms with Gasteiger partial charge in [0.15, 0.2) is 6.10 Å². The molecule has 2 rings (SSSR count). The fraction of sp³-hybridized carbons (Fsp3) is 0.833.